The summed E-state index contributed by atoms with van der Waals surface area (Å²) in [6.45, 7) is 32.2. The van der Waals surface area contributed by atoms with E-state index in [9.17, 15) is 0 Å². The molecule has 0 amide bonds. The van der Waals surface area contributed by atoms with Gasteiger partial charge in [0.1, 0.15) is 0 Å². The molecule has 0 aromatic heterocycles. The molecule has 158 valence electrons. The summed E-state index contributed by atoms with van der Waals surface area (Å²) < 4.78 is 0. The average Bonchev–Trinajstić information content (AvgIpc) is 2.55. The van der Waals surface area contributed by atoms with Gasteiger partial charge in [0, 0.05) is 76.5 Å². The van der Waals surface area contributed by atoms with E-state index in [-0.39, 0.29) is 0 Å². The van der Waals surface area contributed by atoms with Crippen LogP contribution in [-0.2, 0) is 0 Å². The van der Waals surface area contributed by atoms with Crippen LogP contribution in [0.4, 0.5) is 0 Å². The van der Waals surface area contributed by atoms with E-state index in [0.717, 1.165) is 0 Å². The van der Waals surface area contributed by atoms with Crippen molar-refractivity contribution in [1.82, 2.24) is 19.6 Å². The lowest BCUT2D eigenvalue weighted by atomic mass is 10.2. The molecular weight excluding hydrogens is 320 g/mol. The molecule has 1 rings (SSSR count). The van der Waals surface area contributed by atoms with Crippen molar-refractivity contribution in [1.29, 1.82) is 0 Å². The molecule has 0 aliphatic carbocycles. The summed E-state index contributed by atoms with van der Waals surface area (Å²) in [6.07, 6.45) is 0. The summed E-state index contributed by atoms with van der Waals surface area (Å²) in [4.78, 5) is 10.6. The Kier molecular flexibility index (Phi) is 13.8. The lowest BCUT2D eigenvalue weighted by molar-refractivity contribution is 0.0887. The quantitative estimate of drug-likeness (QED) is 0.745. The molecule has 0 unspecified atom stereocenters. The Labute approximate surface area is 165 Å². The second-order valence-electron chi connectivity index (χ2n) is 8.52. The molecular formula is C22H50N4. The van der Waals surface area contributed by atoms with Crippen LogP contribution in [0.3, 0.4) is 0 Å². The minimum atomic E-state index is 0.628. The Bertz CT molecular complexity index is 248. The minimum absolute atomic E-state index is 0.628. The summed E-state index contributed by atoms with van der Waals surface area (Å²) in [5, 5.41) is 0. The minimum Gasteiger partial charge on any atom is -0.298 e. The predicted octanol–water partition coefficient (Wildman–Crippen LogP) is 3.87. The van der Waals surface area contributed by atoms with E-state index in [1.54, 1.807) is 0 Å². The molecule has 1 heterocycles. The highest BCUT2D eigenvalue weighted by molar-refractivity contribution is 4.76. The van der Waals surface area contributed by atoms with Gasteiger partial charge in [0.2, 0.25) is 0 Å². The second-order valence-corrected chi connectivity index (χ2v) is 8.52. The van der Waals surface area contributed by atoms with Crippen molar-refractivity contribution in [2.24, 2.45) is 0 Å². The third kappa shape index (κ3) is 9.68. The Hall–Kier alpha value is -0.160. The van der Waals surface area contributed by atoms with Crippen molar-refractivity contribution in [3.63, 3.8) is 0 Å². The van der Waals surface area contributed by atoms with E-state index in [1.807, 2.05) is 13.8 Å². The van der Waals surface area contributed by atoms with Crippen LogP contribution in [0.1, 0.15) is 69.2 Å². The molecule has 4 nitrogen and oxygen atoms in total. The Morgan fingerprint density at radius 3 is 0.538 bits per heavy atom. The highest BCUT2D eigenvalue weighted by Crippen LogP contribution is 2.09. The summed E-state index contributed by atoms with van der Waals surface area (Å²) in [6, 6.07) is 2.51. The van der Waals surface area contributed by atoms with Gasteiger partial charge in [-0.25, -0.2) is 0 Å². The molecule has 0 N–H and O–H groups in total. The van der Waals surface area contributed by atoms with Crippen LogP contribution in [0.5, 0.6) is 0 Å². The molecule has 4 heteroatoms. The van der Waals surface area contributed by atoms with Crippen LogP contribution < -0.4 is 0 Å². The van der Waals surface area contributed by atoms with Crippen LogP contribution >= 0.6 is 0 Å². The molecule has 1 aliphatic heterocycles. The average molecular weight is 371 g/mol. The molecule has 0 aromatic rings. The predicted molar refractivity (Wildman–Crippen MR) is 118 cm³/mol. The Balaban J connectivity index is 0.00000301. The maximum atomic E-state index is 2.66. The molecule has 1 aliphatic rings. The zero-order valence-corrected chi connectivity index (χ0v) is 19.8. The maximum absolute atomic E-state index is 2.66. The van der Waals surface area contributed by atoms with Crippen LogP contribution in [0.2, 0.25) is 0 Å². The summed E-state index contributed by atoms with van der Waals surface area (Å²) in [7, 11) is 0. The summed E-state index contributed by atoms with van der Waals surface area (Å²) >= 11 is 0. The van der Waals surface area contributed by atoms with Crippen LogP contribution in [0, 0.1) is 0 Å². The standard InChI is InChI=1S/C20H44N4.C2H6/c1-17(2)21-9-11-22(18(3)4)13-15-24(20(7)8)16-14-23(12-10-21)19(5)6;1-2/h17-20H,9-16H2,1-8H3;1-2H3. The second kappa shape index (κ2) is 13.9. The fourth-order valence-corrected chi connectivity index (χ4v) is 3.54. The lowest BCUT2D eigenvalue weighted by Gasteiger charge is -2.38. The van der Waals surface area contributed by atoms with Crippen molar-refractivity contribution in [3.8, 4) is 0 Å². The van der Waals surface area contributed by atoms with Gasteiger partial charge in [0.25, 0.3) is 0 Å². The fourth-order valence-electron chi connectivity index (χ4n) is 3.54. The van der Waals surface area contributed by atoms with Gasteiger partial charge in [-0.3, -0.25) is 19.6 Å². The van der Waals surface area contributed by atoms with Crippen molar-refractivity contribution in [2.75, 3.05) is 52.4 Å². The van der Waals surface area contributed by atoms with E-state index in [4.69, 9.17) is 0 Å². The van der Waals surface area contributed by atoms with E-state index in [1.165, 1.54) is 52.4 Å². The first kappa shape index (κ1) is 25.8. The number of hydrogen-bond acceptors (Lipinski definition) is 4. The van der Waals surface area contributed by atoms with Crippen molar-refractivity contribution >= 4 is 0 Å². The first-order valence-corrected chi connectivity index (χ1v) is 11.2. The largest absolute Gasteiger partial charge is 0.298 e. The molecule has 26 heavy (non-hydrogen) atoms. The first-order valence-electron chi connectivity index (χ1n) is 11.2. The summed E-state index contributed by atoms with van der Waals surface area (Å²) in [5.41, 5.74) is 0. The molecule has 0 aromatic carbocycles. The third-order valence-corrected chi connectivity index (χ3v) is 5.62. The Morgan fingerprint density at radius 2 is 0.462 bits per heavy atom. The molecule has 1 saturated heterocycles. The van der Waals surface area contributed by atoms with Crippen molar-refractivity contribution < 1.29 is 0 Å². The van der Waals surface area contributed by atoms with Gasteiger partial charge in [-0.1, -0.05) is 13.8 Å². The van der Waals surface area contributed by atoms with Crippen LogP contribution in [0.25, 0.3) is 0 Å². The monoisotopic (exact) mass is 370 g/mol. The van der Waals surface area contributed by atoms with E-state index < -0.39 is 0 Å². The highest BCUT2D eigenvalue weighted by atomic mass is 15.3. The van der Waals surface area contributed by atoms with E-state index in [0.29, 0.717) is 24.2 Å². The maximum Gasteiger partial charge on any atom is 0.0113 e. The molecule has 1 fully saturated rings. The van der Waals surface area contributed by atoms with Gasteiger partial charge in [-0.05, 0) is 55.4 Å². The number of hydrogen-bond donors (Lipinski definition) is 0. The molecule has 0 saturated carbocycles. The smallest absolute Gasteiger partial charge is 0.0113 e. The summed E-state index contributed by atoms with van der Waals surface area (Å²) in [5.74, 6) is 0. The van der Waals surface area contributed by atoms with Gasteiger partial charge < -0.3 is 0 Å². The van der Waals surface area contributed by atoms with E-state index >= 15 is 0 Å². The fraction of sp³-hybridized carbons (Fsp3) is 1.00. The molecule has 0 bridgehead atoms. The SMILES string of the molecule is CC.CC(C)N1CCN(C(C)C)CCN(C(C)C)CCN(C(C)C)CC1. The topological polar surface area (TPSA) is 13.0 Å². The molecule has 0 atom stereocenters. The lowest BCUT2D eigenvalue weighted by Crippen LogP contribution is -2.50. The molecule has 0 radical (unpaired) electrons. The van der Waals surface area contributed by atoms with Gasteiger partial charge in [-0.2, -0.15) is 0 Å². The number of rotatable bonds is 4. The Morgan fingerprint density at radius 1 is 0.346 bits per heavy atom. The van der Waals surface area contributed by atoms with Crippen LogP contribution in [-0.4, -0.2) is 96.1 Å². The normalized spacial score (nSPS) is 21.0. The number of nitrogens with zero attached hydrogens (tertiary/aromatic N) is 4. The van der Waals surface area contributed by atoms with Gasteiger partial charge in [-0.15, -0.1) is 0 Å². The van der Waals surface area contributed by atoms with Gasteiger partial charge in [0.05, 0.1) is 0 Å². The molecule has 0 spiro atoms. The van der Waals surface area contributed by atoms with Gasteiger partial charge in [0.15, 0.2) is 0 Å². The third-order valence-electron chi connectivity index (χ3n) is 5.62. The first-order chi connectivity index (χ1) is 12.2. The van der Waals surface area contributed by atoms with Gasteiger partial charge >= 0.3 is 0 Å². The zero-order valence-electron chi connectivity index (χ0n) is 19.8. The highest BCUT2D eigenvalue weighted by Gasteiger charge is 2.20. The zero-order chi connectivity index (χ0) is 20.3. The van der Waals surface area contributed by atoms with E-state index in [2.05, 4.69) is 75.0 Å². The van der Waals surface area contributed by atoms with Crippen molar-refractivity contribution in [2.45, 2.75) is 93.4 Å². The van der Waals surface area contributed by atoms with Crippen molar-refractivity contribution in [3.05, 3.63) is 0 Å². The van der Waals surface area contributed by atoms with Crippen LogP contribution in [0.15, 0.2) is 0 Å².